The number of hydrogen-bond donors (Lipinski definition) is 3. The molecule has 0 radical (unpaired) electrons. The van der Waals surface area contributed by atoms with Gasteiger partial charge in [0.2, 0.25) is 5.91 Å². The van der Waals surface area contributed by atoms with Crippen LogP contribution in [0.4, 0.5) is 0 Å². The van der Waals surface area contributed by atoms with Crippen molar-refractivity contribution >= 4 is 29.5 Å². The number of methoxy groups -OCH3 is 1. The first kappa shape index (κ1) is 29.0. The van der Waals surface area contributed by atoms with Gasteiger partial charge in [-0.3, -0.25) is 19.7 Å². The average Bonchev–Trinajstić information content (AvgIpc) is 3.17. The fourth-order valence-electron chi connectivity index (χ4n) is 3.99. The first-order valence-corrected chi connectivity index (χ1v) is 13.4. The Labute approximate surface area is 213 Å². The summed E-state index contributed by atoms with van der Waals surface area (Å²) in [5, 5.41) is 8.47. The Morgan fingerprint density at radius 3 is 2.37 bits per heavy atom. The third kappa shape index (κ3) is 9.72. The van der Waals surface area contributed by atoms with Crippen molar-refractivity contribution in [2.75, 3.05) is 20.3 Å². The van der Waals surface area contributed by atoms with Crippen molar-refractivity contribution in [1.29, 1.82) is 0 Å². The predicted molar refractivity (Wildman–Crippen MR) is 139 cm³/mol. The van der Waals surface area contributed by atoms with Crippen LogP contribution in [0.1, 0.15) is 65.7 Å². The van der Waals surface area contributed by atoms with Crippen LogP contribution in [0.15, 0.2) is 30.3 Å². The summed E-state index contributed by atoms with van der Waals surface area (Å²) in [7, 11) is 1.34. The topological polar surface area (TPSA) is 106 Å². The van der Waals surface area contributed by atoms with Gasteiger partial charge in [0.05, 0.1) is 12.5 Å². The third-order valence-electron chi connectivity index (χ3n) is 5.99. The Kier molecular flexibility index (Phi) is 12.4. The van der Waals surface area contributed by atoms with E-state index in [9.17, 15) is 14.4 Å². The minimum Gasteiger partial charge on any atom is -0.484 e. The van der Waals surface area contributed by atoms with Gasteiger partial charge < -0.3 is 20.1 Å². The molecule has 0 saturated carbocycles. The number of benzene rings is 1. The smallest absolute Gasteiger partial charge is 0.324 e. The molecule has 1 heterocycles. The van der Waals surface area contributed by atoms with Gasteiger partial charge in [-0.1, -0.05) is 63.6 Å². The van der Waals surface area contributed by atoms with Crippen molar-refractivity contribution in [2.24, 2.45) is 0 Å². The molecule has 1 aromatic carbocycles. The summed E-state index contributed by atoms with van der Waals surface area (Å²) in [5.41, 5.74) is 0. The van der Waals surface area contributed by atoms with Gasteiger partial charge in [0.1, 0.15) is 17.8 Å². The van der Waals surface area contributed by atoms with Gasteiger partial charge in [-0.15, -0.1) is 11.8 Å². The lowest BCUT2D eigenvalue weighted by molar-refractivity contribution is -0.143. The Hall–Kier alpha value is -2.26. The molecule has 0 aliphatic carbocycles. The molecule has 3 N–H and O–H groups in total. The molecule has 2 unspecified atom stereocenters. The second-order valence-electron chi connectivity index (χ2n) is 9.32. The van der Waals surface area contributed by atoms with Crippen LogP contribution in [0.5, 0.6) is 5.75 Å². The highest BCUT2D eigenvalue weighted by molar-refractivity contribution is 8.01. The maximum atomic E-state index is 13.1. The Bertz CT molecular complexity index is 805. The minimum absolute atomic E-state index is 0.216. The van der Waals surface area contributed by atoms with Crippen LogP contribution < -0.4 is 20.7 Å². The predicted octanol–water partition coefficient (Wildman–Crippen LogP) is 3.40. The number of ether oxygens (including phenoxy) is 2. The van der Waals surface area contributed by atoms with E-state index in [2.05, 4.69) is 22.9 Å². The summed E-state index contributed by atoms with van der Waals surface area (Å²) >= 11 is 1.44. The van der Waals surface area contributed by atoms with Crippen molar-refractivity contribution in [2.45, 2.75) is 87.9 Å². The molecule has 2 amide bonds. The van der Waals surface area contributed by atoms with Crippen LogP contribution >= 0.6 is 11.8 Å². The summed E-state index contributed by atoms with van der Waals surface area (Å²) in [5.74, 6) is -0.518. The van der Waals surface area contributed by atoms with E-state index in [4.69, 9.17) is 9.47 Å². The largest absolute Gasteiger partial charge is 0.484 e. The highest BCUT2D eigenvalue weighted by atomic mass is 32.2. The summed E-state index contributed by atoms with van der Waals surface area (Å²) in [6.45, 7) is 6.36. The number of nitrogens with one attached hydrogen (secondary N) is 3. The Morgan fingerprint density at radius 2 is 1.71 bits per heavy atom. The Morgan fingerprint density at radius 1 is 1.06 bits per heavy atom. The molecule has 0 spiro atoms. The monoisotopic (exact) mass is 507 g/mol. The molecule has 1 fully saturated rings. The number of hydrogen-bond acceptors (Lipinski definition) is 7. The SMILES string of the molecule is CCCCCCCCCNC(=O)[C@@H](NC(=O)COc1ccccc1)C1NC(C(=O)OC)C(C)(C)S1. The lowest BCUT2D eigenvalue weighted by Crippen LogP contribution is -2.57. The van der Waals surface area contributed by atoms with Gasteiger partial charge in [-0.05, 0) is 32.4 Å². The highest BCUT2D eigenvalue weighted by Crippen LogP contribution is 2.39. The minimum atomic E-state index is -0.870. The van der Waals surface area contributed by atoms with Crippen LogP contribution in [-0.4, -0.2) is 60.2 Å². The fourth-order valence-corrected chi connectivity index (χ4v) is 5.48. The molecule has 3 atom stereocenters. The number of para-hydroxylation sites is 1. The van der Waals surface area contributed by atoms with Crippen molar-refractivity contribution in [3.8, 4) is 5.75 Å². The van der Waals surface area contributed by atoms with Crippen LogP contribution in [-0.2, 0) is 19.1 Å². The van der Waals surface area contributed by atoms with E-state index < -0.39 is 34.1 Å². The molecule has 2 rings (SSSR count). The third-order valence-corrected chi connectivity index (χ3v) is 7.49. The van der Waals surface area contributed by atoms with E-state index in [1.54, 1.807) is 12.1 Å². The van der Waals surface area contributed by atoms with Gasteiger partial charge in [-0.2, -0.15) is 0 Å². The highest BCUT2D eigenvalue weighted by Gasteiger charge is 2.49. The second-order valence-corrected chi connectivity index (χ2v) is 11.1. The number of carbonyl (C=O) groups excluding carboxylic acids is 3. The van der Waals surface area contributed by atoms with Crippen LogP contribution in [0, 0.1) is 0 Å². The summed E-state index contributed by atoms with van der Waals surface area (Å²) in [6.07, 6.45) is 8.05. The summed E-state index contributed by atoms with van der Waals surface area (Å²) in [4.78, 5) is 38.1. The molecule has 1 aromatic rings. The molecule has 196 valence electrons. The maximum absolute atomic E-state index is 13.1. The molecule has 35 heavy (non-hydrogen) atoms. The number of carbonyl (C=O) groups is 3. The van der Waals surface area contributed by atoms with E-state index >= 15 is 0 Å². The first-order valence-electron chi connectivity index (χ1n) is 12.5. The van der Waals surface area contributed by atoms with E-state index in [1.807, 2.05) is 32.0 Å². The van der Waals surface area contributed by atoms with Gasteiger partial charge in [0.15, 0.2) is 6.61 Å². The zero-order chi connectivity index (χ0) is 25.7. The van der Waals surface area contributed by atoms with Gasteiger partial charge in [0, 0.05) is 11.3 Å². The number of esters is 1. The average molecular weight is 508 g/mol. The number of amides is 2. The van der Waals surface area contributed by atoms with Crippen LogP contribution in [0.3, 0.4) is 0 Å². The van der Waals surface area contributed by atoms with Crippen molar-refractivity contribution < 1.29 is 23.9 Å². The molecule has 1 aliphatic heterocycles. The zero-order valence-electron chi connectivity index (χ0n) is 21.4. The standard InChI is InChI=1S/C26H41N3O5S/c1-5-6-7-8-9-10-14-17-27-23(31)21(24-29-22(25(32)33-4)26(2,3)35-24)28-20(30)18-34-19-15-12-11-13-16-19/h11-13,15-16,21-22,24,29H,5-10,14,17-18H2,1-4H3,(H,27,31)(H,28,30)/t21-,22?,24?/m1/s1. The Balaban J connectivity index is 1.95. The zero-order valence-corrected chi connectivity index (χ0v) is 22.2. The quantitative estimate of drug-likeness (QED) is 0.247. The number of thioether (sulfide) groups is 1. The molecule has 1 aliphatic rings. The van der Waals surface area contributed by atoms with Crippen LogP contribution in [0.2, 0.25) is 0 Å². The summed E-state index contributed by atoms with van der Waals surface area (Å²) < 4.78 is 9.95. The lowest BCUT2D eigenvalue weighted by Gasteiger charge is -2.24. The molecular weight excluding hydrogens is 466 g/mol. The molecule has 8 nitrogen and oxygen atoms in total. The second kappa shape index (κ2) is 15.0. The maximum Gasteiger partial charge on any atom is 0.324 e. The van der Waals surface area contributed by atoms with Crippen molar-refractivity contribution in [1.82, 2.24) is 16.0 Å². The van der Waals surface area contributed by atoms with E-state index in [0.29, 0.717) is 12.3 Å². The molecule has 0 bridgehead atoms. The number of rotatable bonds is 15. The fraction of sp³-hybridized carbons (Fsp3) is 0.654. The van der Waals surface area contributed by atoms with E-state index in [1.165, 1.54) is 44.6 Å². The van der Waals surface area contributed by atoms with Gasteiger partial charge in [0.25, 0.3) is 5.91 Å². The molecule has 1 saturated heterocycles. The van der Waals surface area contributed by atoms with Crippen molar-refractivity contribution in [3.05, 3.63) is 30.3 Å². The van der Waals surface area contributed by atoms with Crippen LogP contribution in [0.25, 0.3) is 0 Å². The van der Waals surface area contributed by atoms with E-state index in [-0.39, 0.29) is 12.5 Å². The lowest BCUT2D eigenvalue weighted by atomic mass is 10.0. The summed E-state index contributed by atoms with van der Waals surface area (Å²) in [6, 6.07) is 7.56. The molecule has 9 heteroatoms. The molecule has 0 aromatic heterocycles. The van der Waals surface area contributed by atoms with E-state index in [0.717, 1.165) is 19.3 Å². The first-order chi connectivity index (χ1) is 16.8. The normalized spacial score (nSPS) is 19.5. The molecular formula is C26H41N3O5S. The van der Waals surface area contributed by atoms with Gasteiger partial charge in [-0.25, -0.2) is 0 Å². The van der Waals surface area contributed by atoms with Gasteiger partial charge >= 0.3 is 5.97 Å². The number of unbranched alkanes of at least 4 members (excludes halogenated alkanes) is 6. The van der Waals surface area contributed by atoms with Crippen molar-refractivity contribution in [3.63, 3.8) is 0 Å².